The van der Waals surface area contributed by atoms with E-state index in [1.165, 1.54) is 11.8 Å². The standard InChI is InChI=1S/C18H15ClN2O2S/c1-2-23-14-9-7-13(8-10-14)20-18-21-17(22)16(24-18)11-12-5-3-4-6-15(12)19/h3-11H,2H2,1H3,(H,20,21,22)/b16-11-. The molecule has 0 saturated carbocycles. The van der Waals surface area contributed by atoms with Crippen LogP contribution in [-0.4, -0.2) is 17.7 Å². The van der Waals surface area contributed by atoms with E-state index < -0.39 is 0 Å². The predicted molar refractivity (Wildman–Crippen MR) is 99.9 cm³/mol. The summed E-state index contributed by atoms with van der Waals surface area (Å²) >= 11 is 7.42. The lowest BCUT2D eigenvalue weighted by atomic mass is 10.2. The number of amides is 1. The van der Waals surface area contributed by atoms with Crippen LogP contribution in [0.5, 0.6) is 5.75 Å². The Labute approximate surface area is 149 Å². The second kappa shape index (κ2) is 7.55. The quantitative estimate of drug-likeness (QED) is 0.810. The first-order valence-corrected chi connectivity index (χ1v) is 8.62. The summed E-state index contributed by atoms with van der Waals surface area (Å²) in [5.74, 6) is 0.619. The van der Waals surface area contributed by atoms with Crippen molar-refractivity contribution in [3.63, 3.8) is 0 Å². The first-order valence-electron chi connectivity index (χ1n) is 7.42. The van der Waals surface area contributed by atoms with Gasteiger partial charge >= 0.3 is 0 Å². The molecular weight excluding hydrogens is 344 g/mol. The van der Waals surface area contributed by atoms with Gasteiger partial charge in [-0.15, -0.1) is 0 Å². The fraction of sp³-hybridized carbons (Fsp3) is 0.111. The monoisotopic (exact) mass is 358 g/mol. The molecule has 2 aromatic rings. The van der Waals surface area contributed by atoms with Crippen molar-refractivity contribution in [1.29, 1.82) is 0 Å². The molecule has 3 rings (SSSR count). The van der Waals surface area contributed by atoms with Gasteiger partial charge in [0.2, 0.25) is 0 Å². The number of rotatable bonds is 4. The number of hydrogen-bond acceptors (Lipinski definition) is 4. The van der Waals surface area contributed by atoms with Gasteiger partial charge in [0.1, 0.15) is 5.75 Å². The Hall–Kier alpha value is -2.24. The molecule has 1 heterocycles. The third-order valence-electron chi connectivity index (χ3n) is 3.22. The van der Waals surface area contributed by atoms with E-state index in [0.717, 1.165) is 17.0 Å². The molecule has 6 heteroatoms. The fourth-order valence-corrected chi connectivity index (χ4v) is 3.14. The average molecular weight is 359 g/mol. The maximum absolute atomic E-state index is 12.1. The Morgan fingerprint density at radius 2 is 1.96 bits per heavy atom. The van der Waals surface area contributed by atoms with Crippen molar-refractivity contribution in [2.45, 2.75) is 6.92 Å². The zero-order valence-electron chi connectivity index (χ0n) is 13.0. The lowest BCUT2D eigenvalue weighted by Crippen LogP contribution is -2.19. The topological polar surface area (TPSA) is 50.7 Å². The van der Waals surface area contributed by atoms with Gasteiger partial charge in [-0.25, -0.2) is 4.99 Å². The molecular formula is C18H15ClN2O2S. The molecule has 0 aromatic heterocycles. The maximum Gasteiger partial charge on any atom is 0.264 e. The highest BCUT2D eigenvalue weighted by Gasteiger charge is 2.24. The largest absolute Gasteiger partial charge is 0.494 e. The Kier molecular flexibility index (Phi) is 5.23. The molecule has 1 N–H and O–H groups in total. The molecule has 122 valence electrons. The number of benzene rings is 2. The van der Waals surface area contributed by atoms with Crippen LogP contribution in [0.4, 0.5) is 5.69 Å². The van der Waals surface area contributed by atoms with Crippen molar-refractivity contribution in [3.05, 3.63) is 64.0 Å². The smallest absolute Gasteiger partial charge is 0.264 e. The van der Waals surface area contributed by atoms with Crippen molar-refractivity contribution in [1.82, 2.24) is 5.32 Å². The van der Waals surface area contributed by atoms with Gasteiger partial charge in [-0.05, 0) is 60.7 Å². The van der Waals surface area contributed by atoms with Crippen LogP contribution in [0.3, 0.4) is 0 Å². The summed E-state index contributed by atoms with van der Waals surface area (Å²) in [7, 11) is 0. The molecule has 0 atom stereocenters. The summed E-state index contributed by atoms with van der Waals surface area (Å²) in [4.78, 5) is 17.1. The second-order valence-corrected chi connectivity index (χ2v) is 6.37. The van der Waals surface area contributed by atoms with Crippen molar-refractivity contribution in [2.24, 2.45) is 4.99 Å². The zero-order chi connectivity index (χ0) is 16.9. The van der Waals surface area contributed by atoms with Crippen molar-refractivity contribution < 1.29 is 9.53 Å². The molecule has 0 unspecified atom stereocenters. The van der Waals surface area contributed by atoms with Crippen LogP contribution < -0.4 is 10.1 Å². The van der Waals surface area contributed by atoms with Crippen LogP contribution in [0.15, 0.2) is 58.4 Å². The number of aliphatic imine (C=N–C) groups is 1. The van der Waals surface area contributed by atoms with Crippen LogP contribution in [0.2, 0.25) is 5.02 Å². The Balaban J connectivity index is 1.78. The van der Waals surface area contributed by atoms with Gasteiger partial charge in [0.15, 0.2) is 5.17 Å². The van der Waals surface area contributed by atoms with Crippen molar-refractivity contribution in [2.75, 3.05) is 6.61 Å². The van der Waals surface area contributed by atoms with E-state index in [4.69, 9.17) is 16.3 Å². The minimum absolute atomic E-state index is 0.176. The van der Waals surface area contributed by atoms with Gasteiger partial charge in [0.05, 0.1) is 17.2 Å². The molecule has 1 saturated heterocycles. The van der Waals surface area contributed by atoms with Gasteiger partial charge < -0.3 is 10.1 Å². The van der Waals surface area contributed by atoms with Gasteiger partial charge in [0.25, 0.3) is 5.91 Å². The summed E-state index contributed by atoms with van der Waals surface area (Å²) in [5.41, 5.74) is 1.55. The van der Waals surface area contributed by atoms with Crippen LogP contribution in [0.1, 0.15) is 12.5 Å². The molecule has 0 radical (unpaired) electrons. The highest BCUT2D eigenvalue weighted by molar-refractivity contribution is 8.18. The molecule has 1 aliphatic rings. The van der Waals surface area contributed by atoms with E-state index in [1.807, 2.05) is 49.4 Å². The molecule has 1 fully saturated rings. The van der Waals surface area contributed by atoms with Crippen LogP contribution >= 0.6 is 23.4 Å². The van der Waals surface area contributed by atoms with E-state index in [1.54, 1.807) is 12.1 Å². The summed E-state index contributed by atoms with van der Waals surface area (Å²) in [6.07, 6.45) is 1.77. The van der Waals surface area contributed by atoms with Crippen molar-refractivity contribution >= 4 is 46.2 Å². The van der Waals surface area contributed by atoms with E-state index >= 15 is 0 Å². The number of hydrogen-bond donors (Lipinski definition) is 1. The number of nitrogens with one attached hydrogen (secondary N) is 1. The molecule has 2 aromatic carbocycles. The summed E-state index contributed by atoms with van der Waals surface area (Å²) in [6.45, 7) is 2.56. The first kappa shape index (κ1) is 16.6. The van der Waals surface area contributed by atoms with Gasteiger partial charge in [0, 0.05) is 5.02 Å². The summed E-state index contributed by atoms with van der Waals surface area (Å²) in [5, 5.41) is 3.91. The third kappa shape index (κ3) is 3.99. The Morgan fingerprint density at radius 1 is 1.21 bits per heavy atom. The van der Waals surface area contributed by atoms with E-state index in [9.17, 15) is 4.79 Å². The second-order valence-electron chi connectivity index (χ2n) is 4.93. The Morgan fingerprint density at radius 3 is 2.67 bits per heavy atom. The van der Waals surface area contributed by atoms with Crippen LogP contribution in [0, 0.1) is 0 Å². The molecule has 0 bridgehead atoms. The molecule has 4 nitrogen and oxygen atoms in total. The minimum atomic E-state index is -0.176. The molecule has 0 spiro atoms. The zero-order valence-corrected chi connectivity index (χ0v) is 14.5. The number of carbonyl (C=O) groups is 1. The van der Waals surface area contributed by atoms with E-state index in [2.05, 4.69) is 10.3 Å². The van der Waals surface area contributed by atoms with Crippen LogP contribution in [-0.2, 0) is 4.79 Å². The fourth-order valence-electron chi connectivity index (χ4n) is 2.11. The average Bonchev–Trinajstić information content (AvgIpc) is 2.91. The summed E-state index contributed by atoms with van der Waals surface area (Å²) < 4.78 is 5.40. The third-order valence-corrected chi connectivity index (χ3v) is 4.48. The first-order chi connectivity index (χ1) is 11.7. The maximum atomic E-state index is 12.1. The lowest BCUT2D eigenvalue weighted by Gasteiger charge is -2.02. The number of carbonyl (C=O) groups excluding carboxylic acids is 1. The lowest BCUT2D eigenvalue weighted by molar-refractivity contribution is -0.115. The molecule has 1 aliphatic heterocycles. The van der Waals surface area contributed by atoms with E-state index in [-0.39, 0.29) is 5.91 Å². The SMILES string of the molecule is CCOc1ccc(N=C2NC(=O)/C(=C/c3ccccc3Cl)S2)cc1. The number of amidine groups is 1. The van der Waals surface area contributed by atoms with Gasteiger partial charge in [-0.3, -0.25) is 4.79 Å². The molecule has 0 aliphatic carbocycles. The molecule has 24 heavy (non-hydrogen) atoms. The number of thioether (sulfide) groups is 1. The number of halogens is 1. The highest BCUT2D eigenvalue weighted by atomic mass is 35.5. The highest BCUT2D eigenvalue weighted by Crippen LogP contribution is 2.30. The Bertz CT molecular complexity index is 816. The number of nitrogens with zero attached hydrogens (tertiary/aromatic N) is 1. The number of ether oxygens (including phenoxy) is 1. The van der Waals surface area contributed by atoms with E-state index in [0.29, 0.717) is 21.7 Å². The minimum Gasteiger partial charge on any atom is -0.494 e. The van der Waals surface area contributed by atoms with Gasteiger partial charge in [-0.1, -0.05) is 29.8 Å². The predicted octanol–water partition coefficient (Wildman–Crippen LogP) is 4.63. The van der Waals surface area contributed by atoms with Crippen molar-refractivity contribution in [3.8, 4) is 5.75 Å². The normalized spacial score (nSPS) is 17.3. The van der Waals surface area contributed by atoms with Gasteiger partial charge in [-0.2, -0.15) is 0 Å². The molecule has 1 amide bonds. The van der Waals surface area contributed by atoms with Crippen LogP contribution in [0.25, 0.3) is 6.08 Å². The summed E-state index contributed by atoms with van der Waals surface area (Å²) in [6, 6.07) is 14.8.